The minimum atomic E-state index is 0.0314. The number of hydrogen-bond acceptors (Lipinski definition) is 3. The fourth-order valence-corrected chi connectivity index (χ4v) is 13.5. The normalized spacial score (nSPS) is 13.2. The summed E-state index contributed by atoms with van der Waals surface area (Å²) >= 11 is 0. The summed E-state index contributed by atoms with van der Waals surface area (Å²) in [6, 6.07) is 57.7. The molecule has 8 aromatic carbocycles. The predicted octanol–water partition coefficient (Wildman–Crippen LogP) is 21.8. The van der Waals surface area contributed by atoms with Gasteiger partial charge in [-0.1, -0.05) is 179 Å². The van der Waals surface area contributed by atoms with Crippen molar-refractivity contribution in [2.24, 2.45) is 0 Å². The fraction of sp³-hybridized carbons (Fsp3) is 0.402. The van der Waals surface area contributed by atoms with Crippen LogP contribution in [0.2, 0.25) is 0 Å². The first-order chi connectivity index (χ1) is 41.9. The maximum atomic E-state index is 7.24. The lowest BCUT2D eigenvalue weighted by Crippen LogP contribution is -2.11. The Balaban J connectivity index is 0.890. The Labute approximate surface area is 530 Å². The second-order valence-electron chi connectivity index (χ2n) is 31.8. The van der Waals surface area contributed by atoms with Crippen molar-refractivity contribution >= 4 is 76.5 Å². The first kappa shape index (κ1) is 61.5. The van der Waals surface area contributed by atoms with Crippen molar-refractivity contribution in [3.05, 3.63) is 185 Å². The molecule has 4 aromatic heterocycles. The number of rotatable bonds is 15. The van der Waals surface area contributed by atoms with E-state index in [1.165, 1.54) is 98.8 Å². The summed E-state index contributed by atoms with van der Waals surface area (Å²) in [4.78, 5) is 5.49. The SMILES string of the molecule is CC(C)(C)c1ccc2c(c1)c1cc(C(C)(C)C)ccc1n2CCCOc1cccc(-c2nc3ccccc3n2CCCn2c3ccc(C(C)(C)C)cc3c3cc(C(C)(C)C)ccc32)c1OCCCn1c2ccc(C(C)(C)C)cc2c2cc(C(C)(C)C)ccc21. The van der Waals surface area contributed by atoms with Gasteiger partial charge < -0.3 is 27.7 Å². The topological polar surface area (TPSA) is 51.1 Å². The molecule has 0 saturated heterocycles. The first-order valence-electron chi connectivity index (χ1n) is 33.0. The van der Waals surface area contributed by atoms with E-state index >= 15 is 0 Å². The van der Waals surface area contributed by atoms with Crippen molar-refractivity contribution < 1.29 is 9.47 Å². The summed E-state index contributed by atoms with van der Waals surface area (Å²) < 4.78 is 24.3. The third-order valence-electron chi connectivity index (χ3n) is 19.0. The average molecular weight is 1180 g/mol. The molecule has 7 heteroatoms. The van der Waals surface area contributed by atoms with E-state index in [9.17, 15) is 0 Å². The Bertz CT molecular complexity index is 4430. The maximum absolute atomic E-state index is 7.24. The number of ether oxygens (including phenoxy) is 2. The van der Waals surface area contributed by atoms with Crippen molar-refractivity contribution in [3.63, 3.8) is 0 Å². The lowest BCUT2D eigenvalue weighted by molar-refractivity contribution is 0.258. The number of nitrogens with zero attached hydrogens (tertiary/aromatic N) is 5. The van der Waals surface area contributed by atoms with Crippen LogP contribution in [0.15, 0.2) is 152 Å². The average Bonchev–Trinajstić information content (AvgIpc) is 1.63. The molecular formula is C82H97N5O2. The monoisotopic (exact) mass is 1180 g/mol. The van der Waals surface area contributed by atoms with E-state index in [0.717, 1.165) is 79.4 Å². The molecule has 12 aromatic rings. The van der Waals surface area contributed by atoms with Crippen LogP contribution in [-0.2, 0) is 58.7 Å². The van der Waals surface area contributed by atoms with Gasteiger partial charge in [-0.3, -0.25) is 0 Å². The molecule has 0 N–H and O–H groups in total. The predicted molar refractivity (Wildman–Crippen MR) is 381 cm³/mol. The summed E-state index contributed by atoms with van der Waals surface area (Å²) in [7, 11) is 0. The van der Waals surface area contributed by atoms with Gasteiger partial charge in [0.2, 0.25) is 0 Å². The molecule has 0 aliphatic heterocycles. The molecule has 0 atom stereocenters. The van der Waals surface area contributed by atoms with Crippen molar-refractivity contribution in [1.29, 1.82) is 0 Å². The van der Waals surface area contributed by atoms with Gasteiger partial charge in [0, 0.05) is 91.6 Å². The Morgan fingerprint density at radius 1 is 0.303 bits per heavy atom. The smallest absolute Gasteiger partial charge is 0.172 e. The zero-order chi connectivity index (χ0) is 63.3. The van der Waals surface area contributed by atoms with Crippen LogP contribution in [0.3, 0.4) is 0 Å². The Kier molecular flexibility index (Phi) is 15.6. The van der Waals surface area contributed by atoms with Crippen LogP contribution in [0.25, 0.3) is 87.8 Å². The zero-order valence-corrected chi connectivity index (χ0v) is 56.9. The van der Waals surface area contributed by atoms with Crippen LogP contribution < -0.4 is 9.47 Å². The summed E-state index contributed by atoms with van der Waals surface area (Å²) in [6.45, 7) is 45.8. The Morgan fingerprint density at radius 2 is 0.618 bits per heavy atom. The highest BCUT2D eigenvalue weighted by atomic mass is 16.5. The van der Waals surface area contributed by atoms with Crippen LogP contribution in [-0.4, -0.2) is 36.5 Å². The van der Waals surface area contributed by atoms with E-state index in [2.05, 4.69) is 295 Å². The molecule has 0 aliphatic rings. The molecule has 0 radical (unpaired) electrons. The van der Waals surface area contributed by atoms with Crippen LogP contribution in [0.5, 0.6) is 11.5 Å². The molecule has 0 bridgehead atoms. The largest absolute Gasteiger partial charge is 0.490 e. The van der Waals surface area contributed by atoms with E-state index in [1.807, 2.05) is 0 Å². The summed E-state index contributed by atoms with van der Waals surface area (Å²) in [5.41, 5.74) is 18.9. The second kappa shape index (κ2) is 22.6. The molecule has 0 unspecified atom stereocenters. The number of imidazole rings is 1. The highest BCUT2D eigenvalue weighted by Crippen LogP contribution is 2.43. The quantitative estimate of drug-likeness (QED) is 0.0961. The minimum Gasteiger partial charge on any atom is -0.490 e. The summed E-state index contributed by atoms with van der Waals surface area (Å²) in [5, 5.41) is 7.91. The van der Waals surface area contributed by atoms with Crippen LogP contribution in [0.4, 0.5) is 0 Å². The summed E-state index contributed by atoms with van der Waals surface area (Å²) in [6.07, 6.45) is 2.49. The van der Waals surface area contributed by atoms with Gasteiger partial charge in [-0.15, -0.1) is 0 Å². The van der Waals surface area contributed by atoms with E-state index in [1.54, 1.807) is 0 Å². The lowest BCUT2D eigenvalue weighted by atomic mass is 9.85. The third kappa shape index (κ3) is 11.9. The van der Waals surface area contributed by atoms with Crippen molar-refractivity contribution in [1.82, 2.24) is 23.3 Å². The fourth-order valence-electron chi connectivity index (χ4n) is 13.5. The molecule has 12 rings (SSSR count). The number of fused-ring (bicyclic) bond motifs is 10. The Morgan fingerprint density at radius 3 is 0.966 bits per heavy atom. The van der Waals surface area contributed by atoms with Gasteiger partial charge in [0.15, 0.2) is 11.5 Å². The van der Waals surface area contributed by atoms with E-state index in [-0.39, 0.29) is 32.5 Å². The van der Waals surface area contributed by atoms with Gasteiger partial charge in [-0.25, -0.2) is 4.98 Å². The molecule has 0 amide bonds. The maximum Gasteiger partial charge on any atom is 0.172 e. The van der Waals surface area contributed by atoms with Crippen molar-refractivity contribution in [3.8, 4) is 22.9 Å². The number of aromatic nitrogens is 5. The third-order valence-corrected chi connectivity index (χ3v) is 19.0. The number of aryl methyl sites for hydroxylation is 4. The zero-order valence-electron chi connectivity index (χ0n) is 56.9. The van der Waals surface area contributed by atoms with E-state index in [0.29, 0.717) is 13.2 Å². The molecule has 462 valence electrons. The molecule has 0 fully saturated rings. The standard InChI is InChI=1S/C82H97N5O2/c1-77(2,3)53-29-35-67-60(47-53)61-48-54(78(4,5)6)30-36-68(61)84(67)41-22-42-87-73-27-20-19-26-66(73)83-76(87)59-25-21-28-74(88-45-23-43-85-69-37-31-55(79(7,8)9)49-62(69)63-50-56(80(10,11)12)32-38-70(63)85)75(59)89-46-24-44-86-71-39-33-57(81(13,14)15)51-64(71)65-52-58(82(16,17)18)34-40-72(65)86/h19-21,25-40,47-52H,22-24,41-46H2,1-18H3. The van der Waals surface area contributed by atoms with Gasteiger partial charge in [-0.05, 0) is 182 Å². The van der Waals surface area contributed by atoms with Gasteiger partial charge in [0.05, 0.1) is 29.8 Å². The number of benzene rings is 8. The van der Waals surface area contributed by atoms with Gasteiger partial charge in [0.1, 0.15) is 5.82 Å². The molecule has 89 heavy (non-hydrogen) atoms. The highest BCUT2D eigenvalue weighted by molar-refractivity contribution is 6.10. The summed E-state index contributed by atoms with van der Waals surface area (Å²) in [5.74, 6) is 2.37. The molecular weight excluding hydrogens is 1090 g/mol. The van der Waals surface area contributed by atoms with Gasteiger partial charge >= 0.3 is 0 Å². The lowest BCUT2D eigenvalue weighted by Gasteiger charge is -2.19. The van der Waals surface area contributed by atoms with Crippen molar-refractivity contribution in [2.75, 3.05) is 13.2 Å². The Hall–Kier alpha value is -7.77. The molecule has 7 nitrogen and oxygen atoms in total. The van der Waals surface area contributed by atoms with Crippen LogP contribution in [0, 0.1) is 0 Å². The minimum absolute atomic E-state index is 0.0314. The second-order valence-corrected chi connectivity index (χ2v) is 31.8. The van der Waals surface area contributed by atoms with Gasteiger partial charge in [-0.2, -0.15) is 0 Å². The van der Waals surface area contributed by atoms with Crippen LogP contribution >= 0.6 is 0 Å². The highest BCUT2D eigenvalue weighted by Gasteiger charge is 2.26. The molecule has 4 heterocycles. The molecule has 0 aliphatic carbocycles. The van der Waals surface area contributed by atoms with Crippen LogP contribution in [0.1, 0.15) is 177 Å². The number of hydrogen-bond donors (Lipinski definition) is 0. The van der Waals surface area contributed by atoms with Gasteiger partial charge in [0.25, 0.3) is 0 Å². The van der Waals surface area contributed by atoms with E-state index in [4.69, 9.17) is 14.5 Å². The molecule has 0 saturated carbocycles. The molecule has 0 spiro atoms. The van der Waals surface area contributed by atoms with E-state index < -0.39 is 0 Å². The number of para-hydroxylation sites is 3. The first-order valence-corrected chi connectivity index (χ1v) is 33.0. The van der Waals surface area contributed by atoms with Crippen molar-refractivity contribution in [2.45, 2.75) is 203 Å².